The zero-order valence-corrected chi connectivity index (χ0v) is 26.1. The summed E-state index contributed by atoms with van der Waals surface area (Å²) in [4.78, 5) is 47.1. The van der Waals surface area contributed by atoms with Crippen LogP contribution >= 0.6 is 0 Å². The van der Waals surface area contributed by atoms with E-state index in [2.05, 4.69) is 25.4 Å². The maximum absolute atomic E-state index is 12.4. The molecule has 11 heteroatoms. The van der Waals surface area contributed by atoms with Crippen molar-refractivity contribution in [1.82, 2.24) is 25.4 Å². The van der Waals surface area contributed by atoms with Crippen LogP contribution in [0.25, 0.3) is 0 Å². The van der Waals surface area contributed by atoms with Gasteiger partial charge in [0, 0.05) is 39.1 Å². The first kappa shape index (κ1) is 31.7. The van der Waals surface area contributed by atoms with Crippen LogP contribution in [0.1, 0.15) is 84.1 Å². The molecule has 0 bridgehead atoms. The first-order chi connectivity index (χ1) is 20.5. The number of carbonyl (C=O) groups excluding carboxylic acids is 3. The zero-order chi connectivity index (χ0) is 30.6. The van der Waals surface area contributed by atoms with E-state index in [0.717, 1.165) is 63.1 Å². The molecule has 238 valence electrons. The highest BCUT2D eigenvalue weighted by atomic mass is 16.6. The standard InChI is InChI=1S/C32H50N6O5/c1-32(2,3)43-31(42)38-16-8-22(9-17-38)21-36-14-10-23(11-15-36)24-12-18-37(19-13-24)25-4-5-26(33-20-25)29(40)34-27-6-7-28(39)35-30(27)41/h4-5,20,22-24,27,29,34,40H,6-19,21H2,1-3H3,(H,35,39,41). The molecule has 5 rings (SSSR count). The second kappa shape index (κ2) is 13.9. The molecule has 0 radical (unpaired) electrons. The van der Waals surface area contributed by atoms with Crippen molar-refractivity contribution in [3.8, 4) is 0 Å². The molecule has 3 N–H and O–H groups in total. The highest BCUT2D eigenvalue weighted by Crippen LogP contribution is 2.34. The Morgan fingerprint density at radius 3 is 2.23 bits per heavy atom. The maximum Gasteiger partial charge on any atom is 0.410 e. The Morgan fingerprint density at radius 1 is 1.00 bits per heavy atom. The third-order valence-electron chi connectivity index (χ3n) is 9.64. The Labute approximate surface area is 255 Å². The van der Waals surface area contributed by atoms with E-state index < -0.39 is 23.8 Å². The number of ether oxygens (including phenoxy) is 1. The van der Waals surface area contributed by atoms with Crippen molar-refractivity contribution >= 4 is 23.6 Å². The van der Waals surface area contributed by atoms with E-state index >= 15 is 0 Å². The summed E-state index contributed by atoms with van der Waals surface area (Å²) in [6, 6.07) is 3.19. The van der Waals surface area contributed by atoms with E-state index in [1.165, 1.54) is 38.8 Å². The summed E-state index contributed by atoms with van der Waals surface area (Å²) >= 11 is 0. The van der Waals surface area contributed by atoms with Crippen LogP contribution < -0.4 is 15.5 Å². The second-order valence-electron chi connectivity index (χ2n) is 13.9. The number of anilines is 1. The van der Waals surface area contributed by atoms with Crippen molar-refractivity contribution in [1.29, 1.82) is 0 Å². The van der Waals surface area contributed by atoms with E-state index in [4.69, 9.17) is 4.74 Å². The molecule has 2 unspecified atom stereocenters. The van der Waals surface area contributed by atoms with Gasteiger partial charge in [0.05, 0.1) is 23.6 Å². The van der Waals surface area contributed by atoms with Gasteiger partial charge in [-0.3, -0.25) is 25.2 Å². The Bertz CT molecular complexity index is 1100. The Morgan fingerprint density at radius 2 is 1.65 bits per heavy atom. The van der Waals surface area contributed by atoms with Crippen LogP contribution in [0.2, 0.25) is 0 Å². The van der Waals surface area contributed by atoms with E-state index in [9.17, 15) is 19.5 Å². The first-order valence-electron chi connectivity index (χ1n) is 16.2. The topological polar surface area (TPSA) is 127 Å². The fourth-order valence-electron chi connectivity index (χ4n) is 7.10. The lowest BCUT2D eigenvalue weighted by molar-refractivity contribution is -0.135. The number of pyridine rings is 1. The van der Waals surface area contributed by atoms with Gasteiger partial charge in [0.2, 0.25) is 11.8 Å². The monoisotopic (exact) mass is 598 g/mol. The molecular formula is C32H50N6O5. The quantitative estimate of drug-likeness (QED) is 0.321. The fraction of sp³-hybridized carbons (Fsp3) is 0.750. The minimum atomic E-state index is -1.07. The van der Waals surface area contributed by atoms with Crippen LogP contribution in [0.3, 0.4) is 0 Å². The van der Waals surface area contributed by atoms with Crippen LogP contribution in [0.4, 0.5) is 10.5 Å². The number of rotatable bonds is 7. The summed E-state index contributed by atoms with van der Waals surface area (Å²) in [5.74, 6) is 1.54. The molecule has 4 fully saturated rings. The van der Waals surface area contributed by atoms with Gasteiger partial charge in [0.25, 0.3) is 0 Å². The van der Waals surface area contributed by atoms with E-state index in [1.54, 1.807) is 0 Å². The fourth-order valence-corrected chi connectivity index (χ4v) is 7.10. The first-order valence-corrected chi connectivity index (χ1v) is 16.2. The second-order valence-corrected chi connectivity index (χ2v) is 13.9. The molecule has 0 spiro atoms. The molecule has 0 aliphatic carbocycles. The van der Waals surface area contributed by atoms with Gasteiger partial charge in [-0.25, -0.2) is 4.79 Å². The predicted molar refractivity (Wildman–Crippen MR) is 163 cm³/mol. The highest BCUT2D eigenvalue weighted by molar-refractivity contribution is 6.00. The van der Waals surface area contributed by atoms with Gasteiger partial charge in [-0.15, -0.1) is 0 Å². The lowest BCUT2D eigenvalue weighted by Gasteiger charge is -2.42. The smallest absolute Gasteiger partial charge is 0.410 e. The van der Waals surface area contributed by atoms with Crippen molar-refractivity contribution < 1.29 is 24.2 Å². The van der Waals surface area contributed by atoms with Gasteiger partial charge in [-0.05, 0) is 109 Å². The number of nitrogens with one attached hydrogen (secondary N) is 2. The summed E-state index contributed by atoms with van der Waals surface area (Å²) in [6.07, 6.45) is 8.23. The normalized spacial score (nSPS) is 24.6. The van der Waals surface area contributed by atoms with Crippen LogP contribution in [0.5, 0.6) is 0 Å². The van der Waals surface area contributed by atoms with Crippen LogP contribution in [0.15, 0.2) is 18.3 Å². The number of carbonyl (C=O) groups is 3. The lowest BCUT2D eigenvalue weighted by Crippen LogP contribution is -2.51. The molecule has 11 nitrogen and oxygen atoms in total. The van der Waals surface area contributed by atoms with Crippen molar-refractivity contribution in [2.75, 3.05) is 50.7 Å². The molecule has 0 saturated carbocycles. The number of aromatic nitrogens is 1. The molecular weight excluding hydrogens is 548 g/mol. The van der Waals surface area contributed by atoms with Gasteiger partial charge in [-0.2, -0.15) is 0 Å². The van der Waals surface area contributed by atoms with Crippen LogP contribution in [-0.4, -0.2) is 95.3 Å². The number of aliphatic hydroxyl groups is 1. The van der Waals surface area contributed by atoms with Gasteiger partial charge >= 0.3 is 6.09 Å². The van der Waals surface area contributed by atoms with E-state index in [-0.39, 0.29) is 18.4 Å². The molecule has 3 amide bonds. The van der Waals surface area contributed by atoms with Crippen LogP contribution in [0, 0.1) is 17.8 Å². The minimum absolute atomic E-state index is 0.177. The van der Waals surface area contributed by atoms with Crippen molar-refractivity contribution in [2.24, 2.45) is 17.8 Å². The number of likely N-dealkylation sites (tertiary alicyclic amines) is 2. The Kier molecular flexibility index (Phi) is 10.2. The van der Waals surface area contributed by atoms with Crippen LogP contribution in [-0.2, 0) is 14.3 Å². The lowest BCUT2D eigenvalue weighted by atomic mass is 9.78. The van der Waals surface area contributed by atoms with E-state index in [0.29, 0.717) is 18.0 Å². The number of hydrogen-bond acceptors (Lipinski definition) is 9. The van der Waals surface area contributed by atoms with Crippen molar-refractivity contribution in [3.05, 3.63) is 24.0 Å². The maximum atomic E-state index is 12.4. The summed E-state index contributed by atoms with van der Waals surface area (Å²) in [6.45, 7) is 12.9. The Hall–Kier alpha value is -2.76. The summed E-state index contributed by atoms with van der Waals surface area (Å²) in [5.41, 5.74) is 1.08. The molecule has 4 aliphatic rings. The average Bonchev–Trinajstić information content (AvgIpc) is 2.99. The molecule has 4 saturated heterocycles. The van der Waals surface area contributed by atoms with Crippen molar-refractivity contribution in [2.45, 2.75) is 90.0 Å². The SMILES string of the molecule is CC(C)(C)OC(=O)N1CCC(CN2CCC(C3CCN(c4ccc(C(O)NC5CCC(=O)NC5=O)nc4)CC3)CC2)CC1. The average molecular weight is 599 g/mol. The molecule has 5 heterocycles. The number of amides is 3. The molecule has 4 aliphatic heterocycles. The molecule has 0 aromatic carbocycles. The number of piperidine rings is 4. The zero-order valence-electron chi connectivity index (χ0n) is 26.1. The minimum Gasteiger partial charge on any atom is -0.444 e. The Balaban J connectivity index is 0.994. The molecule has 1 aromatic heterocycles. The summed E-state index contributed by atoms with van der Waals surface area (Å²) < 4.78 is 5.55. The molecule has 2 atom stereocenters. The number of nitrogens with zero attached hydrogens (tertiary/aromatic N) is 4. The van der Waals surface area contributed by atoms with Gasteiger partial charge in [0.15, 0.2) is 0 Å². The highest BCUT2D eigenvalue weighted by Gasteiger charge is 2.33. The number of imide groups is 1. The van der Waals surface area contributed by atoms with Gasteiger partial charge < -0.3 is 24.5 Å². The number of aliphatic hydroxyl groups excluding tert-OH is 1. The summed E-state index contributed by atoms with van der Waals surface area (Å²) in [5, 5.41) is 15.7. The molecule has 43 heavy (non-hydrogen) atoms. The van der Waals surface area contributed by atoms with E-state index in [1.807, 2.05) is 44.0 Å². The number of hydrogen-bond donors (Lipinski definition) is 3. The van der Waals surface area contributed by atoms with Crippen molar-refractivity contribution in [3.63, 3.8) is 0 Å². The molecule has 1 aromatic rings. The third kappa shape index (κ3) is 8.67. The third-order valence-corrected chi connectivity index (χ3v) is 9.64. The predicted octanol–water partition coefficient (Wildman–Crippen LogP) is 3.04. The largest absolute Gasteiger partial charge is 0.444 e. The summed E-state index contributed by atoms with van der Waals surface area (Å²) in [7, 11) is 0. The van der Waals surface area contributed by atoms with Gasteiger partial charge in [-0.1, -0.05) is 0 Å². The van der Waals surface area contributed by atoms with Gasteiger partial charge in [0.1, 0.15) is 11.8 Å².